The maximum absolute atomic E-state index is 11.5. The van der Waals surface area contributed by atoms with E-state index >= 15 is 0 Å². The minimum atomic E-state index is -0.293. The summed E-state index contributed by atoms with van der Waals surface area (Å²) in [7, 11) is 0. The lowest BCUT2D eigenvalue weighted by atomic mass is 9.59. The molecule has 0 aromatic heterocycles. The van der Waals surface area contributed by atoms with E-state index in [1.807, 2.05) is 0 Å². The van der Waals surface area contributed by atoms with Crippen molar-refractivity contribution in [2.45, 2.75) is 85.5 Å². The maximum atomic E-state index is 11.5. The fourth-order valence-electron chi connectivity index (χ4n) is 3.27. The SMILES string of the molecule is CC(=O)C(=O)CCC(C)(C)C1(C)CCCCCCC1. The maximum Gasteiger partial charge on any atom is 0.198 e. The fraction of sp³-hybridized carbons (Fsp3) is 0.882. The van der Waals surface area contributed by atoms with Gasteiger partial charge >= 0.3 is 0 Å². The van der Waals surface area contributed by atoms with Crippen LogP contribution < -0.4 is 0 Å². The van der Waals surface area contributed by atoms with Crippen molar-refractivity contribution in [3.8, 4) is 0 Å². The van der Waals surface area contributed by atoms with Crippen LogP contribution in [0.25, 0.3) is 0 Å². The Kier molecular flexibility index (Phi) is 5.76. The molecule has 1 fully saturated rings. The van der Waals surface area contributed by atoms with Crippen molar-refractivity contribution in [2.24, 2.45) is 10.8 Å². The van der Waals surface area contributed by atoms with E-state index < -0.39 is 0 Å². The van der Waals surface area contributed by atoms with Crippen LogP contribution in [0, 0.1) is 10.8 Å². The van der Waals surface area contributed by atoms with E-state index in [4.69, 9.17) is 0 Å². The van der Waals surface area contributed by atoms with Gasteiger partial charge in [-0.25, -0.2) is 0 Å². The van der Waals surface area contributed by atoms with E-state index in [1.54, 1.807) is 0 Å². The lowest BCUT2D eigenvalue weighted by molar-refractivity contribution is -0.136. The normalized spacial score (nSPS) is 20.4. The second-order valence-electron chi connectivity index (χ2n) is 7.19. The minimum Gasteiger partial charge on any atom is -0.291 e. The lowest BCUT2D eigenvalue weighted by Crippen LogP contribution is -2.36. The van der Waals surface area contributed by atoms with Gasteiger partial charge in [-0.3, -0.25) is 9.59 Å². The van der Waals surface area contributed by atoms with Crippen LogP contribution in [0.4, 0.5) is 0 Å². The van der Waals surface area contributed by atoms with Gasteiger partial charge in [0, 0.05) is 13.3 Å². The van der Waals surface area contributed by atoms with E-state index in [0.29, 0.717) is 11.8 Å². The van der Waals surface area contributed by atoms with E-state index in [-0.39, 0.29) is 17.0 Å². The van der Waals surface area contributed by atoms with Crippen LogP contribution in [0.3, 0.4) is 0 Å². The molecule has 0 unspecified atom stereocenters. The summed E-state index contributed by atoms with van der Waals surface area (Å²) in [6, 6.07) is 0. The highest BCUT2D eigenvalue weighted by molar-refractivity contribution is 6.36. The van der Waals surface area contributed by atoms with E-state index in [0.717, 1.165) is 6.42 Å². The molecule has 0 amide bonds. The number of ketones is 2. The molecule has 1 aliphatic carbocycles. The first-order valence-electron chi connectivity index (χ1n) is 7.82. The Balaban J connectivity index is 2.66. The third-order valence-electron chi connectivity index (χ3n) is 5.46. The average Bonchev–Trinajstić information content (AvgIpc) is 2.30. The largest absolute Gasteiger partial charge is 0.291 e. The van der Waals surface area contributed by atoms with Crippen molar-refractivity contribution in [2.75, 3.05) is 0 Å². The molecule has 2 heteroatoms. The van der Waals surface area contributed by atoms with E-state index in [1.165, 1.54) is 51.9 Å². The third-order valence-corrected chi connectivity index (χ3v) is 5.46. The molecule has 0 aliphatic heterocycles. The molecule has 2 nitrogen and oxygen atoms in total. The summed E-state index contributed by atoms with van der Waals surface area (Å²) < 4.78 is 0. The monoisotopic (exact) mass is 266 g/mol. The summed E-state index contributed by atoms with van der Waals surface area (Å²) in [5.74, 6) is -0.499. The smallest absolute Gasteiger partial charge is 0.198 e. The summed E-state index contributed by atoms with van der Waals surface area (Å²) in [6.07, 6.45) is 10.4. The zero-order valence-corrected chi connectivity index (χ0v) is 13.2. The molecule has 0 saturated heterocycles. The van der Waals surface area contributed by atoms with Crippen LogP contribution in [0.15, 0.2) is 0 Å². The first kappa shape index (κ1) is 16.4. The van der Waals surface area contributed by atoms with Crippen LogP contribution in [0.5, 0.6) is 0 Å². The molecule has 110 valence electrons. The molecule has 0 heterocycles. The molecule has 1 aliphatic rings. The second kappa shape index (κ2) is 6.67. The molecular formula is C17H30O2. The zero-order valence-electron chi connectivity index (χ0n) is 13.2. The Hall–Kier alpha value is -0.660. The molecule has 0 N–H and O–H groups in total. The average molecular weight is 266 g/mol. The summed E-state index contributed by atoms with van der Waals surface area (Å²) in [5.41, 5.74) is 0.444. The van der Waals surface area contributed by atoms with E-state index in [9.17, 15) is 9.59 Å². The van der Waals surface area contributed by atoms with Gasteiger partial charge < -0.3 is 0 Å². The molecular weight excluding hydrogens is 236 g/mol. The van der Waals surface area contributed by atoms with Crippen LogP contribution in [0.1, 0.15) is 85.5 Å². The summed E-state index contributed by atoms with van der Waals surface area (Å²) in [5, 5.41) is 0. The standard InChI is InChI=1S/C17H30O2/c1-14(18)15(19)10-13-16(2,3)17(4)11-8-6-5-7-9-12-17/h5-13H2,1-4H3. The van der Waals surface area contributed by atoms with Gasteiger partial charge in [0.1, 0.15) is 0 Å². The summed E-state index contributed by atoms with van der Waals surface area (Å²) in [4.78, 5) is 22.6. The van der Waals surface area contributed by atoms with Gasteiger partial charge in [-0.15, -0.1) is 0 Å². The molecule has 0 aromatic carbocycles. The molecule has 0 radical (unpaired) electrons. The predicted octanol–water partition coefficient (Wildman–Crippen LogP) is 4.70. The Morgan fingerprint density at radius 2 is 1.47 bits per heavy atom. The van der Waals surface area contributed by atoms with Crippen LogP contribution in [-0.4, -0.2) is 11.6 Å². The number of rotatable bonds is 5. The van der Waals surface area contributed by atoms with Crippen molar-refractivity contribution in [1.82, 2.24) is 0 Å². The van der Waals surface area contributed by atoms with Gasteiger partial charge in [0.05, 0.1) is 0 Å². The molecule has 0 atom stereocenters. The molecule has 0 spiro atoms. The number of carbonyl (C=O) groups is 2. The highest BCUT2D eigenvalue weighted by Crippen LogP contribution is 2.50. The first-order chi connectivity index (χ1) is 8.78. The predicted molar refractivity (Wildman–Crippen MR) is 79.1 cm³/mol. The first-order valence-corrected chi connectivity index (χ1v) is 7.82. The number of Topliss-reactive ketones (excluding diaryl/α,β-unsaturated/α-hetero) is 2. The molecule has 0 bridgehead atoms. The van der Waals surface area contributed by atoms with Crippen LogP contribution >= 0.6 is 0 Å². The Morgan fingerprint density at radius 1 is 1.00 bits per heavy atom. The fourth-order valence-corrected chi connectivity index (χ4v) is 3.27. The van der Waals surface area contributed by atoms with Gasteiger partial charge in [0.15, 0.2) is 11.6 Å². The van der Waals surface area contributed by atoms with Crippen molar-refractivity contribution >= 4 is 11.6 Å². The molecule has 19 heavy (non-hydrogen) atoms. The number of hydrogen-bond acceptors (Lipinski definition) is 2. The second-order valence-corrected chi connectivity index (χ2v) is 7.19. The molecule has 1 rings (SSSR count). The van der Waals surface area contributed by atoms with Crippen molar-refractivity contribution in [1.29, 1.82) is 0 Å². The Labute approximate surface area is 118 Å². The van der Waals surface area contributed by atoms with Crippen LogP contribution in [-0.2, 0) is 9.59 Å². The van der Waals surface area contributed by atoms with Crippen LogP contribution in [0.2, 0.25) is 0 Å². The lowest BCUT2D eigenvalue weighted by Gasteiger charge is -2.46. The van der Waals surface area contributed by atoms with Crippen molar-refractivity contribution < 1.29 is 9.59 Å². The van der Waals surface area contributed by atoms with Gasteiger partial charge in [0.2, 0.25) is 0 Å². The van der Waals surface area contributed by atoms with Gasteiger partial charge in [-0.1, -0.05) is 52.9 Å². The topological polar surface area (TPSA) is 34.1 Å². The van der Waals surface area contributed by atoms with Crippen molar-refractivity contribution in [3.63, 3.8) is 0 Å². The highest BCUT2D eigenvalue weighted by Gasteiger charge is 2.40. The molecule has 1 saturated carbocycles. The Bertz CT molecular complexity index is 320. The number of carbonyl (C=O) groups excluding carboxylic acids is 2. The quantitative estimate of drug-likeness (QED) is 0.676. The summed E-state index contributed by atoms with van der Waals surface area (Å²) >= 11 is 0. The van der Waals surface area contributed by atoms with Gasteiger partial charge in [-0.2, -0.15) is 0 Å². The minimum absolute atomic E-state index is 0.134. The van der Waals surface area contributed by atoms with Crippen molar-refractivity contribution in [3.05, 3.63) is 0 Å². The highest BCUT2D eigenvalue weighted by atomic mass is 16.2. The zero-order chi connectivity index (χ0) is 14.5. The van der Waals surface area contributed by atoms with Gasteiger partial charge in [-0.05, 0) is 30.1 Å². The van der Waals surface area contributed by atoms with Gasteiger partial charge in [0.25, 0.3) is 0 Å². The Morgan fingerprint density at radius 3 is 1.95 bits per heavy atom. The molecule has 0 aromatic rings. The summed E-state index contributed by atoms with van der Waals surface area (Å²) in [6.45, 7) is 8.33. The third kappa shape index (κ3) is 4.43. The number of hydrogen-bond donors (Lipinski definition) is 0. The van der Waals surface area contributed by atoms with E-state index in [2.05, 4.69) is 20.8 Å².